The molecule has 3 aromatic heterocycles. The molecule has 0 bridgehead atoms. The molecular weight excluding hydrogens is 405 g/mol. The zero-order valence-electron chi connectivity index (χ0n) is 13.9. The minimum absolute atomic E-state index is 0.422. The van der Waals surface area contributed by atoms with Crippen LogP contribution < -0.4 is 10.6 Å². The maximum atomic E-state index is 13.6. The van der Waals surface area contributed by atoms with E-state index in [1.165, 1.54) is 11.3 Å². The molecule has 132 valence electrons. The molecule has 0 aromatic carbocycles. The smallest absolute Gasteiger partial charge is 0.204 e. The molecule has 5 nitrogen and oxygen atoms in total. The first kappa shape index (κ1) is 18.0. The Hall–Kier alpha value is -1.77. The van der Waals surface area contributed by atoms with Crippen molar-refractivity contribution in [1.29, 1.82) is 0 Å². The number of imidazole rings is 1. The molecule has 0 amide bonds. The van der Waals surface area contributed by atoms with Gasteiger partial charge < -0.3 is 15.6 Å². The highest BCUT2D eigenvalue weighted by Gasteiger charge is 2.19. The Balaban J connectivity index is 1.94. The minimum Gasteiger partial charge on any atom is -0.337 e. The quantitative estimate of drug-likeness (QED) is 0.591. The van der Waals surface area contributed by atoms with Crippen LogP contribution in [0.3, 0.4) is 0 Å². The van der Waals surface area contributed by atoms with Crippen molar-refractivity contribution < 1.29 is 4.39 Å². The van der Waals surface area contributed by atoms with Crippen molar-refractivity contribution in [3.05, 3.63) is 44.8 Å². The van der Waals surface area contributed by atoms with E-state index in [-0.39, 0.29) is 0 Å². The predicted molar refractivity (Wildman–Crippen MR) is 106 cm³/mol. The second-order valence-corrected chi connectivity index (χ2v) is 7.61. The van der Waals surface area contributed by atoms with E-state index in [1.54, 1.807) is 12.4 Å². The fraction of sp³-hybridized carbons (Fsp3) is 0.294. The summed E-state index contributed by atoms with van der Waals surface area (Å²) in [5.74, 6) is 0.343. The van der Waals surface area contributed by atoms with Crippen molar-refractivity contribution in [2.45, 2.75) is 19.9 Å². The van der Waals surface area contributed by atoms with E-state index in [2.05, 4.69) is 42.4 Å². The van der Waals surface area contributed by atoms with Crippen molar-refractivity contribution in [1.82, 2.24) is 15.0 Å². The monoisotopic (exact) mass is 423 g/mol. The van der Waals surface area contributed by atoms with E-state index in [9.17, 15) is 4.39 Å². The zero-order chi connectivity index (χ0) is 18.0. The lowest BCUT2D eigenvalue weighted by atomic mass is 10.2. The second kappa shape index (κ2) is 7.63. The van der Waals surface area contributed by atoms with Crippen molar-refractivity contribution in [3.63, 3.8) is 0 Å². The number of aromatic amines is 1. The largest absolute Gasteiger partial charge is 0.337 e. The first-order valence-corrected chi connectivity index (χ1v) is 9.49. The molecular formula is C17H19BrFN5S. The summed E-state index contributed by atoms with van der Waals surface area (Å²) >= 11 is 4.88. The molecule has 0 spiro atoms. The van der Waals surface area contributed by atoms with E-state index in [1.807, 2.05) is 13.0 Å². The van der Waals surface area contributed by atoms with Crippen LogP contribution in [0.4, 0.5) is 10.3 Å². The molecule has 0 atom stereocenters. The summed E-state index contributed by atoms with van der Waals surface area (Å²) in [6.07, 6.45) is 4.31. The third-order valence-electron chi connectivity index (χ3n) is 3.96. The van der Waals surface area contributed by atoms with Gasteiger partial charge in [-0.2, -0.15) is 0 Å². The number of nitrogens with one attached hydrogen (secondary N) is 1. The molecule has 3 heterocycles. The van der Waals surface area contributed by atoms with Crippen LogP contribution in [0, 0.1) is 6.92 Å². The average Bonchev–Trinajstić information content (AvgIpc) is 3.14. The lowest BCUT2D eigenvalue weighted by Crippen LogP contribution is -2.26. The third-order valence-corrected chi connectivity index (χ3v) is 6.52. The molecule has 3 aromatic rings. The van der Waals surface area contributed by atoms with Gasteiger partial charge in [0.05, 0.1) is 28.7 Å². The highest BCUT2D eigenvalue weighted by Crippen LogP contribution is 2.38. The van der Waals surface area contributed by atoms with Crippen LogP contribution in [0.1, 0.15) is 21.7 Å². The summed E-state index contributed by atoms with van der Waals surface area (Å²) in [5, 5.41) is 0. The first-order chi connectivity index (χ1) is 12.0. The third kappa shape index (κ3) is 3.75. The van der Waals surface area contributed by atoms with Crippen LogP contribution in [-0.4, -0.2) is 28.0 Å². The Kier molecular flexibility index (Phi) is 5.51. The van der Waals surface area contributed by atoms with Crippen LogP contribution in [-0.2, 0) is 6.54 Å². The number of anilines is 1. The van der Waals surface area contributed by atoms with Gasteiger partial charge in [0.1, 0.15) is 5.83 Å². The Morgan fingerprint density at radius 1 is 1.52 bits per heavy atom. The van der Waals surface area contributed by atoms with Gasteiger partial charge >= 0.3 is 0 Å². The number of thiophene rings is 1. The predicted octanol–water partition coefficient (Wildman–Crippen LogP) is 4.39. The van der Waals surface area contributed by atoms with E-state index < -0.39 is 5.83 Å². The van der Waals surface area contributed by atoms with Gasteiger partial charge in [0.15, 0.2) is 0 Å². The molecule has 3 rings (SSSR count). The summed E-state index contributed by atoms with van der Waals surface area (Å²) in [5.41, 5.74) is 8.46. The van der Waals surface area contributed by atoms with Crippen LogP contribution >= 0.6 is 27.3 Å². The summed E-state index contributed by atoms with van der Waals surface area (Å²) in [4.78, 5) is 15.8. The SMILES string of the molecule is C=C(F)c1sc(CN(CCCN)c2nc3ccncc3[nH]2)c(C)c1Br. The topological polar surface area (TPSA) is 70.8 Å². The van der Waals surface area contributed by atoms with E-state index in [0.717, 1.165) is 44.9 Å². The number of hydrogen-bond donors (Lipinski definition) is 2. The van der Waals surface area contributed by atoms with Crippen molar-refractivity contribution in [3.8, 4) is 0 Å². The first-order valence-electron chi connectivity index (χ1n) is 7.88. The number of fused-ring (bicyclic) bond motifs is 1. The molecule has 0 aliphatic rings. The number of rotatable bonds is 7. The Morgan fingerprint density at radius 3 is 2.96 bits per heavy atom. The van der Waals surface area contributed by atoms with Gasteiger partial charge in [-0.1, -0.05) is 6.58 Å². The lowest BCUT2D eigenvalue weighted by molar-refractivity contribution is 0.723. The standard InChI is InChI=1S/C17H19BrFN5S/c1-10-14(25-16(11(2)19)15(10)18)9-24(7-3-5-20)17-22-12-4-6-21-8-13(12)23-17/h4,6,8H,2-3,5,7,9,20H2,1H3,(H,22,23). The fourth-order valence-electron chi connectivity index (χ4n) is 2.57. The molecule has 8 heteroatoms. The number of H-pyrrole nitrogens is 1. The van der Waals surface area contributed by atoms with Crippen molar-refractivity contribution in [2.75, 3.05) is 18.0 Å². The van der Waals surface area contributed by atoms with Crippen molar-refractivity contribution >= 4 is 50.1 Å². The molecule has 3 N–H and O–H groups in total. The molecule has 0 fully saturated rings. The van der Waals surface area contributed by atoms with Crippen molar-refractivity contribution in [2.24, 2.45) is 5.73 Å². The molecule has 0 saturated carbocycles. The van der Waals surface area contributed by atoms with Crippen LogP contribution in [0.15, 0.2) is 29.5 Å². The normalized spacial score (nSPS) is 11.2. The number of pyridine rings is 1. The molecule has 25 heavy (non-hydrogen) atoms. The second-order valence-electron chi connectivity index (χ2n) is 5.72. The van der Waals surface area contributed by atoms with E-state index >= 15 is 0 Å². The maximum absolute atomic E-state index is 13.6. The molecule has 0 aliphatic heterocycles. The maximum Gasteiger partial charge on any atom is 0.204 e. The fourth-order valence-corrected chi connectivity index (χ4v) is 4.47. The van der Waals surface area contributed by atoms with Gasteiger partial charge in [0.25, 0.3) is 0 Å². The molecule has 0 aliphatic carbocycles. The number of nitrogens with two attached hydrogens (primary N) is 1. The lowest BCUT2D eigenvalue weighted by Gasteiger charge is -2.21. The molecule has 0 unspecified atom stereocenters. The average molecular weight is 424 g/mol. The summed E-state index contributed by atoms with van der Waals surface area (Å²) in [7, 11) is 0. The Morgan fingerprint density at radius 2 is 2.32 bits per heavy atom. The Bertz CT molecular complexity index is 871. The number of halogens is 2. The highest BCUT2D eigenvalue weighted by atomic mass is 79.9. The van der Waals surface area contributed by atoms with Gasteiger partial charge in [0, 0.05) is 22.1 Å². The molecule has 0 radical (unpaired) electrons. The van der Waals surface area contributed by atoms with Crippen LogP contribution in [0.2, 0.25) is 0 Å². The van der Waals surface area contributed by atoms with Crippen LogP contribution in [0.25, 0.3) is 16.9 Å². The van der Waals surface area contributed by atoms with Gasteiger partial charge in [-0.05, 0) is 47.4 Å². The molecule has 0 saturated heterocycles. The summed E-state index contributed by atoms with van der Waals surface area (Å²) in [6.45, 7) is 7.36. The van der Waals surface area contributed by atoms with E-state index in [4.69, 9.17) is 5.73 Å². The Labute approximate surface area is 157 Å². The highest BCUT2D eigenvalue weighted by molar-refractivity contribution is 9.10. The van der Waals surface area contributed by atoms with Gasteiger partial charge in [-0.25, -0.2) is 9.37 Å². The van der Waals surface area contributed by atoms with Gasteiger partial charge in [0.2, 0.25) is 5.95 Å². The zero-order valence-corrected chi connectivity index (χ0v) is 16.3. The number of nitrogens with zero attached hydrogens (tertiary/aromatic N) is 3. The van der Waals surface area contributed by atoms with E-state index in [0.29, 0.717) is 18.0 Å². The number of hydrogen-bond acceptors (Lipinski definition) is 5. The van der Waals surface area contributed by atoms with Gasteiger partial charge in [-0.15, -0.1) is 11.3 Å². The minimum atomic E-state index is -0.422. The summed E-state index contributed by atoms with van der Waals surface area (Å²) < 4.78 is 14.4. The van der Waals surface area contributed by atoms with Gasteiger partial charge in [-0.3, -0.25) is 4.98 Å². The number of aromatic nitrogens is 3. The summed E-state index contributed by atoms with van der Waals surface area (Å²) in [6, 6.07) is 1.87. The van der Waals surface area contributed by atoms with Crippen LogP contribution in [0.5, 0.6) is 0 Å².